The average Bonchev–Trinajstić information content (AvgIpc) is 3.54. The molecule has 1 aromatic heterocycles. The molecule has 4 aliphatic rings. The number of aliphatic hydroxyl groups is 1. The van der Waals surface area contributed by atoms with Crippen molar-refractivity contribution in [3.63, 3.8) is 0 Å². The largest absolute Gasteiger partial charge is 0.465 e. The van der Waals surface area contributed by atoms with Crippen LogP contribution in [0, 0.1) is 11.8 Å². The highest BCUT2D eigenvalue weighted by atomic mass is 16.6. The molecule has 2 saturated heterocycles. The number of carbonyl (C=O) groups excluding carboxylic acids is 3. The summed E-state index contributed by atoms with van der Waals surface area (Å²) >= 11 is 0. The van der Waals surface area contributed by atoms with Gasteiger partial charge in [-0.05, 0) is 44.2 Å². The summed E-state index contributed by atoms with van der Waals surface area (Å²) in [5.74, 6) is -2.82. The molecule has 0 bridgehead atoms. The SMILES string of the molecule is CC[C@]12/C=C\CCCOC(=O)[C@H]1[C@H]1C(=O)N(CCCCO)C3C(=O)N(Cn4nnc5ccccc54)CC=C[C@@]31O2. The fourth-order valence-electron chi connectivity index (χ4n) is 6.87. The molecule has 1 N–H and O–H groups in total. The summed E-state index contributed by atoms with van der Waals surface area (Å²) in [6, 6.07) is 6.55. The maximum Gasteiger partial charge on any atom is 0.313 e. The fraction of sp³-hybridized carbons (Fsp3) is 0.552. The number of ether oxygens (including phenoxy) is 2. The van der Waals surface area contributed by atoms with Crippen LogP contribution >= 0.6 is 0 Å². The van der Waals surface area contributed by atoms with E-state index in [2.05, 4.69) is 10.3 Å². The number of cyclic esters (lactones) is 1. The van der Waals surface area contributed by atoms with Gasteiger partial charge in [-0.25, -0.2) is 4.68 Å². The number of aromatic nitrogens is 3. The molecule has 2 aromatic rings. The minimum absolute atomic E-state index is 0.0180. The predicted molar refractivity (Wildman–Crippen MR) is 143 cm³/mol. The second kappa shape index (κ2) is 10.4. The first-order chi connectivity index (χ1) is 19.5. The van der Waals surface area contributed by atoms with E-state index in [0.29, 0.717) is 25.7 Å². The van der Waals surface area contributed by atoms with Gasteiger partial charge in [0.25, 0.3) is 5.91 Å². The van der Waals surface area contributed by atoms with Gasteiger partial charge in [-0.2, -0.15) is 0 Å². The van der Waals surface area contributed by atoms with Gasteiger partial charge in [-0.15, -0.1) is 5.10 Å². The number of rotatable bonds is 7. The van der Waals surface area contributed by atoms with Gasteiger partial charge in [0.1, 0.15) is 35.3 Å². The Morgan fingerprint density at radius 2 is 1.93 bits per heavy atom. The van der Waals surface area contributed by atoms with Crippen LogP contribution in [-0.4, -0.2) is 91.2 Å². The molecule has 1 unspecified atom stereocenters. The van der Waals surface area contributed by atoms with Gasteiger partial charge >= 0.3 is 5.97 Å². The van der Waals surface area contributed by atoms with Crippen LogP contribution in [0.3, 0.4) is 0 Å². The van der Waals surface area contributed by atoms with Crippen molar-refractivity contribution in [3.8, 4) is 0 Å². The molecular formula is C29H35N5O6. The molecule has 1 aromatic carbocycles. The first-order valence-electron chi connectivity index (χ1n) is 14.2. The van der Waals surface area contributed by atoms with Crippen molar-refractivity contribution in [1.82, 2.24) is 24.8 Å². The molecular weight excluding hydrogens is 514 g/mol. The minimum atomic E-state index is -1.34. The topological polar surface area (TPSA) is 127 Å². The van der Waals surface area contributed by atoms with Crippen LogP contribution in [0.25, 0.3) is 11.0 Å². The van der Waals surface area contributed by atoms with Crippen molar-refractivity contribution >= 4 is 28.8 Å². The molecule has 11 heteroatoms. The lowest BCUT2D eigenvalue weighted by molar-refractivity contribution is -0.161. The van der Waals surface area contributed by atoms with Crippen molar-refractivity contribution in [2.24, 2.45) is 11.8 Å². The molecule has 11 nitrogen and oxygen atoms in total. The van der Waals surface area contributed by atoms with Crippen molar-refractivity contribution in [1.29, 1.82) is 0 Å². The quantitative estimate of drug-likeness (QED) is 0.315. The summed E-state index contributed by atoms with van der Waals surface area (Å²) in [6.07, 6.45) is 10.5. The monoisotopic (exact) mass is 549 g/mol. The Hall–Kier alpha value is -3.57. The van der Waals surface area contributed by atoms with Gasteiger partial charge in [0.05, 0.1) is 18.0 Å². The highest BCUT2D eigenvalue weighted by Gasteiger charge is 2.75. The number of allylic oxidation sites excluding steroid dienone is 1. The number of para-hydroxylation sites is 1. The van der Waals surface area contributed by atoms with Gasteiger partial charge in [-0.3, -0.25) is 14.4 Å². The summed E-state index contributed by atoms with van der Waals surface area (Å²) in [5, 5.41) is 17.9. The number of nitrogens with zero attached hydrogens (tertiary/aromatic N) is 5. The molecule has 4 aliphatic heterocycles. The predicted octanol–water partition coefficient (Wildman–Crippen LogP) is 1.81. The van der Waals surface area contributed by atoms with Crippen LogP contribution in [-0.2, 0) is 30.5 Å². The first-order valence-corrected chi connectivity index (χ1v) is 14.2. The van der Waals surface area contributed by atoms with Gasteiger partial charge in [-0.1, -0.05) is 48.6 Å². The second-order valence-electron chi connectivity index (χ2n) is 11.0. The van der Waals surface area contributed by atoms with Gasteiger partial charge in [0.15, 0.2) is 0 Å². The number of esters is 1. The first kappa shape index (κ1) is 26.6. The Morgan fingerprint density at radius 3 is 2.75 bits per heavy atom. The second-order valence-corrected chi connectivity index (χ2v) is 11.0. The van der Waals surface area contributed by atoms with Gasteiger partial charge in [0, 0.05) is 19.7 Å². The lowest BCUT2D eigenvalue weighted by Crippen LogP contribution is -2.56. The molecule has 5 heterocycles. The zero-order valence-electron chi connectivity index (χ0n) is 22.6. The van der Waals surface area contributed by atoms with Crippen LogP contribution in [0.1, 0.15) is 39.0 Å². The van der Waals surface area contributed by atoms with Crippen LogP contribution in [0.15, 0.2) is 48.6 Å². The van der Waals surface area contributed by atoms with E-state index in [1.165, 1.54) is 0 Å². The number of hydrogen-bond donors (Lipinski definition) is 1. The minimum Gasteiger partial charge on any atom is -0.465 e. The lowest BCUT2D eigenvalue weighted by atomic mass is 9.73. The number of fused-ring (bicyclic) bond motifs is 3. The average molecular weight is 550 g/mol. The third kappa shape index (κ3) is 4.05. The molecule has 0 radical (unpaired) electrons. The van der Waals surface area contributed by atoms with E-state index < -0.39 is 35.0 Å². The smallest absolute Gasteiger partial charge is 0.313 e. The van der Waals surface area contributed by atoms with Crippen molar-refractivity contribution < 1.29 is 29.0 Å². The zero-order valence-corrected chi connectivity index (χ0v) is 22.6. The van der Waals surface area contributed by atoms with Crippen LogP contribution in [0.2, 0.25) is 0 Å². The van der Waals surface area contributed by atoms with Crippen LogP contribution in [0.5, 0.6) is 0 Å². The molecule has 40 heavy (non-hydrogen) atoms. The summed E-state index contributed by atoms with van der Waals surface area (Å²) in [7, 11) is 0. The van der Waals surface area contributed by atoms with E-state index in [0.717, 1.165) is 17.5 Å². The third-order valence-electron chi connectivity index (χ3n) is 8.75. The number of carbonyl (C=O) groups is 3. The third-order valence-corrected chi connectivity index (χ3v) is 8.75. The number of benzene rings is 1. The number of unbranched alkanes of at least 4 members (excludes halogenated alkanes) is 1. The Kier molecular flexibility index (Phi) is 6.95. The van der Waals surface area contributed by atoms with Gasteiger partial charge < -0.3 is 24.4 Å². The summed E-state index contributed by atoms with van der Waals surface area (Å²) in [4.78, 5) is 45.5. The lowest BCUT2D eigenvalue weighted by Gasteiger charge is -2.38. The number of likely N-dealkylation sites (tertiary alicyclic amines) is 1. The highest BCUT2D eigenvalue weighted by molar-refractivity contribution is 5.99. The standard InChI is InChI=1S/C29H35N5O6/c1-2-28-13-6-3-9-18-39-27(38)23(28)22-25(36)33(16-7-8-17-35)24-26(37)32(15-10-14-29(22,24)40-28)19-34-21-12-5-4-11-20(21)30-31-34/h4-6,10-14,22-24,35H,2-3,7-9,15-19H2,1H3/b13-6-/t22-,23+,24?,28-,29-/m0/s1. The van der Waals surface area contributed by atoms with Crippen LogP contribution in [0.4, 0.5) is 0 Å². The highest BCUT2D eigenvalue weighted by Crippen LogP contribution is 2.58. The Bertz CT molecular complexity index is 1370. The Morgan fingerprint density at radius 1 is 1.07 bits per heavy atom. The van der Waals surface area contributed by atoms with E-state index in [1.54, 1.807) is 14.5 Å². The van der Waals surface area contributed by atoms with Crippen molar-refractivity contribution in [2.45, 2.75) is 62.9 Å². The normalized spacial score (nSPS) is 32.6. The maximum atomic E-state index is 14.5. The van der Waals surface area contributed by atoms with Crippen molar-refractivity contribution in [2.75, 3.05) is 26.3 Å². The summed E-state index contributed by atoms with van der Waals surface area (Å²) in [6.45, 7) is 2.88. The Balaban J connectivity index is 1.43. The van der Waals surface area contributed by atoms with Gasteiger partial charge in [0.2, 0.25) is 5.91 Å². The molecule has 0 saturated carbocycles. The molecule has 2 amide bonds. The molecule has 1 spiro atoms. The van der Waals surface area contributed by atoms with Crippen molar-refractivity contribution in [3.05, 3.63) is 48.6 Å². The number of aliphatic hydroxyl groups excluding tert-OH is 1. The number of hydrogen-bond acceptors (Lipinski definition) is 8. The molecule has 2 fully saturated rings. The molecule has 0 aliphatic carbocycles. The molecule has 5 atom stereocenters. The Labute approximate surface area is 232 Å². The maximum absolute atomic E-state index is 14.5. The van der Waals surface area contributed by atoms with Crippen LogP contribution < -0.4 is 0 Å². The van der Waals surface area contributed by atoms with E-state index in [1.807, 2.05) is 55.5 Å². The molecule has 212 valence electrons. The fourth-order valence-corrected chi connectivity index (χ4v) is 6.87. The molecule has 6 rings (SSSR count). The zero-order chi connectivity index (χ0) is 27.9. The summed E-state index contributed by atoms with van der Waals surface area (Å²) in [5.41, 5.74) is -0.891. The van der Waals surface area contributed by atoms with E-state index in [-0.39, 0.29) is 44.8 Å². The van der Waals surface area contributed by atoms with E-state index >= 15 is 0 Å². The number of amides is 2. The van der Waals surface area contributed by atoms with E-state index in [9.17, 15) is 19.5 Å². The summed E-state index contributed by atoms with van der Waals surface area (Å²) < 4.78 is 14.3. The van der Waals surface area contributed by atoms with E-state index in [4.69, 9.17) is 9.47 Å².